The third kappa shape index (κ3) is 6.92. The monoisotopic (exact) mass is 394 g/mol. The van der Waals surface area contributed by atoms with E-state index in [9.17, 15) is 13.2 Å². The molecule has 1 aliphatic heterocycles. The molecular weight excluding hydrogens is 360 g/mol. The lowest BCUT2D eigenvalue weighted by atomic mass is 9.97. The Kier molecular flexibility index (Phi) is 8.77. The number of carbonyl (C=O) groups is 1. The number of hydrogen-bond donors (Lipinski definition) is 1. The lowest BCUT2D eigenvalue weighted by Crippen LogP contribution is -2.43. The summed E-state index contributed by atoms with van der Waals surface area (Å²) in [6.45, 7) is 6.03. The van der Waals surface area contributed by atoms with Crippen molar-refractivity contribution in [1.29, 1.82) is 0 Å². The third-order valence-electron chi connectivity index (χ3n) is 5.21. The molecule has 1 N–H and O–H groups in total. The van der Waals surface area contributed by atoms with Crippen molar-refractivity contribution >= 4 is 15.9 Å². The predicted octanol–water partition coefficient (Wildman–Crippen LogP) is 3.81. The summed E-state index contributed by atoms with van der Waals surface area (Å²) < 4.78 is 26.8. The van der Waals surface area contributed by atoms with Gasteiger partial charge in [0.2, 0.25) is 15.9 Å². The maximum Gasteiger partial charge on any atom is 0.243 e. The minimum atomic E-state index is -3.45. The average molecular weight is 395 g/mol. The van der Waals surface area contributed by atoms with E-state index in [4.69, 9.17) is 0 Å². The summed E-state index contributed by atoms with van der Waals surface area (Å²) in [6, 6.07) is 8.51. The fraction of sp³-hybridized carbons (Fsp3) is 0.667. The van der Waals surface area contributed by atoms with Gasteiger partial charge >= 0.3 is 0 Å². The van der Waals surface area contributed by atoms with Crippen LogP contribution in [0.15, 0.2) is 35.2 Å². The van der Waals surface area contributed by atoms with E-state index in [0.29, 0.717) is 30.8 Å². The Balaban J connectivity index is 1.67. The molecule has 1 fully saturated rings. The number of sulfonamides is 1. The van der Waals surface area contributed by atoms with Gasteiger partial charge in [0.25, 0.3) is 0 Å². The molecule has 1 aromatic rings. The van der Waals surface area contributed by atoms with Gasteiger partial charge in [0.1, 0.15) is 0 Å². The number of unbranched alkanes of at least 4 members (excludes halogenated alkanes) is 3. The summed E-state index contributed by atoms with van der Waals surface area (Å²) in [7, 11) is -3.45. The van der Waals surface area contributed by atoms with Gasteiger partial charge in [-0.25, -0.2) is 8.42 Å². The van der Waals surface area contributed by atoms with Crippen molar-refractivity contribution in [3.8, 4) is 0 Å². The molecule has 1 aromatic carbocycles. The number of benzene rings is 1. The van der Waals surface area contributed by atoms with Crippen LogP contribution in [0.25, 0.3) is 0 Å². The first-order valence-corrected chi connectivity index (χ1v) is 11.7. The highest BCUT2D eigenvalue weighted by Crippen LogP contribution is 2.23. The Morgan fingerprint density at radius 2 is 1.70 bits per heavy atom. The summed E-state index contributed by atoms with van der Waals surface area (Å²) in [5.74, 6) is 0.767. The van der Waals surface area contributed by atoms with Crippen molar-refractivity contribution in [2.45, 2.75) is 63.7 Å². The highest BCUT2D eigenvalue weighted by atomic mass is 32.2. The number of rotatable bonds is 10. The van der Waals surface area contributed by atoms with Crippen molar-refractivity contribution < 1.29 is 13.2 Å². The molecule has 0 unspecified atom stereocenters. The maximum absolute atomic E-state index is 12.6. The number of nitrogens with zero attached hydrogens (tertiary/aromatic N) is 1. The smallest absolute Gasteiger partial charge is 0.243 e. The zero-order chi connectivity index (χ0) is 19.7. The molecule has 0 radical (unpaired) electrons. The van der Waals surface area contributed by atoms with Gasteiger partial charge in [-0.2, -0.15) is 4.31 Å². The van der Waals surface area contributed by atoms with E-state index in [1.807, 2.05) is 0 Å². The molecule has 0 aliphatic carbocycles. The van der Waals surface area contributed by atoms with Crippen molar-refractivity contribution in [2.75, 3.05) is 19.6 Å². The molecule has 152 valence electrons. The minimum Gasteiger partial charge on any atom is -0.356 e. The van der Waals surface area contributed by atoms with E-state index >= 15 is 0 Å². The number of nitrogens with one attached hydrogen (secondary N) is 1. The molecule has 1 heterocycles. The average Bonchev–Trinajstić information content (AvgIpc) is 2.67. The van der Waals surface area contributed by atoms with Crippen molar-refractivity contribution in [1.82, 2.24) is 9.62 Å². The van der Waals surface area contributed by atoms with E-state index in [-0.39, 0.29) is 11.8 Å². The fourth-order valence-electron chi connectivity index (χ4n) is 3.49. The molecule has 2 rings (SSSR count). The second-order valence-corrected chi connectivity index (χ2v) is 9.82. The van der Waals surface area contributed by atoms with E-state index < -0.39 is 10.0 Å². The van der Waals surface area contributed by atoms with Gasteiger partial charge in [0, 0.05) is 25.6 Å². The Labute approximate surface area is 164 Å². The van der Waals surface area contributed by atoms with Gasteiger partial charge in [-0.05, 0) is 37.3 Å². The van der Waals surface area contributed by atoms with Crippen LogP contribution >= 0.6 is 0 Å². The Morgan fingerprint density at radius 1 is 1.07 bits per heavy atom. The number of hydrogen-bond acceptors (Lipinski definition) is 3. The van der Waals surface area contributed by atoms with E-state index in [2.05, 4.69) is 19.2 Å². The quantitative estimate of drug-likeness (QED) is 0.614. The molecule has 0 atom stereocenters. The Hall–Kier alpha value is -1.40. The molecule has 1 aliphatic rings. The number of amides is 1. The van der Waals surface area contributed by atoms with Gasteiger partial charge in [-0.3, -0.25) is 4.79 Å². The van der Waals surface area contributed by atoms with Gasteiger partial charge < -0.3 is 5.32 Å². The Morgan fingerprint density at radius 3 is 2.33 bits per heavy atom. The van der Waals surface area contributed by atoms with Crippen LogP contribution in [0.2, 0.25) is 0 Å². The maximum atomic E-state index is 12.6. The molecule has 0 bridgehead atoms. The summed E-state index contributed by atoms with van der Waals surface area (Å²) in [5, 5.41) is 3.03. The van der Waals surface area contributed by atoms with Crippen LogP contribution in [-0.4, -0.2) is 38.3 Å². The van der Waals surface area contributed by atoms with E-state index in [0.717, 1.165) is 25.3 Å². The Bertz CT molecular complexity index is 666. The molecule has 1 amide bonds. The highest BCUT2D eigenvalue weighted by Gasteiger charge is 2.31. The number of piperidine rings is 1. The molecular formula is C21H34N2O3S. The minimum absolute atomic E-state index is 0.0758. The van der Waals surface area contributed by atoms with Crippen molar-refractivity contribution in [2.24, 2.45) is 11.8 Å². The van der Waals surface area contributed by atoms with Crippen LogP contribution < -0.4 is 5.32 Å². The van der Waals surface area contributed by atoms with Crippen molar-refractivity contribution in [3.63, 3.8) is 0 Å². The van der Waals surface area contributed by atoms with Crippen LogP contribution in [-0.2, 0) is 14.8 Å². The standard InChI is InChI=1S/C21H34N2O3S/c1-18(2)10-6-3-4-9-15-22-21(24)19-13-16-23(17-14-19)27(25,26)20-11-7-5-8-12-20/h5,7-8,11-12,18-19H,3-4,6,9-10,13-17H2,1-2H3,(H,22,24). The van der Waals surface area contributed by atoms with Crippen LogP contribution in [0, 0.1) is 11.8 Å². The summed E-state index contributed by atoms with van der Waals surface area (Å²) in [5.41, 5.74) is 0. The lowest BCUT2D eigenvalue weighted by molar-refractivity contribution is -0.126. The van der Waals surface area contributed by atoms with Crippen LogP contribution in [0.1, 0.15) is 58.8 Å². The van der Waals surface area contributed by atoms with Crippen molar-refractivity contribution in [3.05, 3.63) is 30.3 Å². The van der Waals surface area contributed by atoms with E-state index in [1.54, 1.807) is 30.3 Å². The van der Waals surface area contributed by atoms with Gasteiger partial charge in [0.15, 0.2) is 0 Å². The summed E-state index contributed by atoms with van der Waals surface area (Å²) >= 11 is 0. The van der Waals surface area contributed by atoms with Gasteiger partial charge in [-0.1, -0.05) is 57.7 Å². The number of carbonyl (C=O) groups excluding carboxylic acids is 1. The SMILES string of the molecule is CC(C)CCCCCCNC(=O)C1CCN(S(=O)(=O)c2ccccc2)CC1. The normalized spacial score (nSPS) is 16.6. The van der Waals surface area contributed by atoms with E-state index in [1.165, 1.54) is 23.6 Å². The predicted molar refractivity (Wildman–Crippen MR) is 109 cm³/mol. The van der Waals surface area contributed by atoms with Crippen LogP contribution in [0.5, 0.6) is 0 Å². The zero-order valence-corrected chi connectivity index (χ0v) is 17.5. The second kappa shape index (κ2) is 10.8. The molecule has 0 saturated carbocycles. The topological polar surface area (TPSA) is 66.5 Å². The first-order valence-electron chi connectivity index (χ1n) is 10.2. The molecule has 5 nitrogen and oxygen atoms in total. The summed E-state index contributed by atoms with van der Waals surface area (Å²) in [4.78, 5) is 12.6. The third-order valence-corrected chi connectivity index (χ3v) is 7.13. The lowest BCUT2D eigenvalue weighted by Gasteiger charge is -2.30. The molecule has 27 heavy (non-hydrogen) atoms. The highest BCUT2D eigenvalue weighted by molar-refractivity contribution is 7.89. The first kappa shape index (κ1) is 21.9. The second-order valence-electron chi connectivity index (χ2n) is 7.88. The molecule has 1 saturated heterocycles. The molecule has 0 aromatic heterocycles. The largest absolute Gasteiger partial charge is 0.356 e. The molecule has 6 heteroatoms. The summed E-state index contributed by atoms with van der Waals surface area (Å²) in [6.07, 6.45) is 7.12. The van der Waals surface area contributed by atoms with Gasteiger partial charge in [0.05, 0.1) is 4.90 Å². The molecule has 0 spiro atoms. The van der Waals surface area contributed by atoms with Gasteiger partial charge in [-0.15, -0.1) is 0 Å². The zero-order valence-electron chi connectivity index (χ0n) is 16.7. The first-order chi connectivity index (χ1) is 12.9. The van der Waals surface area contributed by atoms with Crippen LogP contribution in [0.4, 0.5) is 0 Å². The fourth-order valence-corrected chi connectivity index (χ4v) is 4.98. The van der Waals surface area contributed by atoms with Crippen LogP contribution in [0.3, 0.4) is 0 Å².